The molecule has 1 N–H and O–H groups in total. The maximum Gasteiger partial charge on any atom is 0.251 e. The summed E-state index contributed by atoms with van der Waals surface area (Å²) in [6.07, 6.45) is 1.68. The number of rotatable bonds is 10. The highest BCUT2D eigenvalue weighted by Gasteiger charge is 2.32. The lowest BCUT2D eigenvalue weighted by molar-refractivity contribution is -0.128. The number of para-hydroxylation sites is 1. The normalized spacial score (nSPS) is 15.4. The molecule has 0 bridgehead atoms. The first-order valence-electron chi connectivity index (χ1n) is 11.7. The minimum atomic E-state index is -0.0825. The van der Waals surface area contributed by atoms with Crippen LogP contribution in [0, 0.1) is 0 Å². The number of carbonyl (C=O) groups is 2. The number of nitrogens with one attached hydrogen (secondary N) is 1. The number of benzene rings is 3. The van der Waals surface area contributed by atoms with Gasteiger partial charge in [0.1, 0.15) is 11.1 Å². The van der Waals surface area contributed by atoms with E-state index < -0.39 is 0 Å². The van der Waals surface area contributed by atoms with E-state index in [-0.39, 0.29) is 17.2 Å². The van der Waals surface area contributed by atoms with E-state index >= 15 is 0 Å². The Bertz CT molecular complexity index is 1100. The van der Waals surface area contributed by atoms with Crippen LogP contribution in [0.15, 0.2) is 78.9 Å². The zero-order valence-electron chi connectivity index (χ0n) is 19.4. The average Bonchev–Trinajstić information content (AvgIpc) is 3.23. The average molecular weight is 475 g/mol. The molecule has 1 aliphatic rings. The highest BCUT2D eigenvalue weighted by Crippen LogP contribution is 2.39. The van der Waals surface area contributed by atoms with Gasteiger partial charge in [-0.25, -0.2) is 0 Å². The van der Waals surface area contributed by atoms with Crippen LogP contribution in [0.2, 0.25) is 0 Å². The van der Waals surface area contributed by atoms with E-state index in [4.69, 9.17) is 4.74 Å². The van der Waals surface area contributed by atoms with E-state index in [1.54, 1.807) is 11.8 Å². The number of nitrogens with zero attached hydrogens (tertiary/aromatic N) is 1. The van der Waals surface area contributed by atoms with Gasteiger partial charge in [-0.2, -0.15) is 0 Å². The molecule has 4 rings (SSSR count). The molecule has 2 amide bonds. The summed E-state index contributed by atoms with van der Waals surface area (Å²) in [5.41, 5.74) is 3.94. The van der Waals surface area contributed by atoms with Crippen molar-refractivity contribution in [3.8, 4) is 5.75 Å². The monoisotopic (exact) mass is 474 g/mol. The van der Waals surface area contributed by atoms with Crippen LogP contribution < -0.4 is 10.1 Å². The van der Waals surface area contributed by atoms with E-state index in [0.29, 0.717) is 31.0 Å². The molecule has 176 valence electrons. The van der Waals surface area contributed by atoms with Gasteiger partial charge in [-0.15, -0.1) is 11.8 Å². The number of ether oxygens (including phenoxy) is 1. The van der Waals surface area contributed by atoms with Gasteiger partial charge in [-0.05, 0) is 54.7 Å². The molecule has 1 saturated heterocycles. The van der Waals surface area contributed by atoms with Gasteiger partial charge < -0.3 is 15.0 Å². The molecule has 0 aliphatic carbocycles. The van der Waals surface area contributed by atoms with Gasteiger partial charge in [0.05, 0.1) is 12.4 Å². The molecule has 1 heterocycles. The van der Waals surface area contributed by atoms with Crippen LogP contribution in [0.5, 0.6) is 5.75 Å². The second-order valence-corrected chi connectivity index (χ2v) is 9.26. The van der Waals surface area contributed by atoms with Crippen LogP contribution in [0.3, 0.4) is 0 Å². The van der Waals surface area contributed by atoms with Gasteiger partial charge >= 0.3 is 0 Å². The first-order valence-corrected chi connectivity index (χ1v) is 12.7. The predicted molar refractivity (Wildman–Crippen MR) is 137 cm³/mol. The van der Waals surface area contributed by atoms with Crippen molar-refractivity contribution in [2.24, 2.45) is 0 Å². The quantitative estimate of drug-likeness (QED) is 0.409. The summed E-state index contributed by atoms with van der Waals surface area (Å²) in [5.74, 6) is 1.45. The van der Waals surface area contributed by atoms with Crippen molar-refractivity contribution in [3.63, 3.8) is 0 Å². The maximum absolute atomic E-state index is 12.6. The minimum absolute atomic E-state index is 0.0322. The van der Waals surface area contributed by atoms with Crippen LogP contribution in [0.25, 0.3) is 0 Å². The maximum atomic E-state index is 12.6. The van der Waals surface area contributed by atoms with Crippen LogP contribution in [0.4, 0.5) is 0 Å². The smallest absolute Gasteiger partial charge is 0.251 e. The third-order valence-corrected chi connectivity index (χ3v) is 7.06. The number of carbonyl (C=O) groups excluding carboxylic acids is 2. The minimum Gasteiger partial charge on any atom is -0.494 e. The molecule has 6 heteroatoms. The molecule has 0 aromatic heterocycles. The summed E-state index contributed by atoms with van der Waals surface area (Å²) in [6.45, 7) is 3.80. The van der Waals surface area contributed by atoms with E-state index in [0.717, 1.165) is 35.3 Å². The van der Waals surface area contributed by atoms with Crippen LogP contribution in [-0.2, 0) is 17.8 Å². The standard InChI is InChI=1S/C28H30N2O3S/c1-2-33-25-13-7-6-11-22(25)12-8-18-29-27(32)23-14-16-24(17-15-23)28-30(26(31)20-34-28)19-21-9-4-3-5-10-21/h3-7,9-11,13-17,28H,2,8,12,18-20H2,1H3,(H,29,32). The molecular weight excluding hydrogens is 444 g/mol. The molecule has 3 aromatic rings. The Morgan fingerprint density at radius 1 is 1.03 bits per heavy atom. The molecule has 34 heavy (non-hydrogen) atoms. The molecule has 1 atom stereocenters. The zero-order valence-corrected chi connectivity index (χ0v) is 20.2. The molecule has 0 saturated carbocycles. The van der Waals surface area contributed by atoms with Gasteiger partial charge in [0.25, 0.3) is 5.91 Å². The Labute approximate surface area is 205 Å². The Morgan fingerprint density at radius 2 is 1.76 bits per heavy atom. The summed E-state index contributed by atoms with van der Waals surface area (Å²) >= 11 is 1.63. The largest absolute Gasteiger partial charge is 0.494 e. The molecule has 0 radical (unpaired) electrons. The van der Waals surface area contributed by atoms with Gasteiger partial charge in [-0.1, -0.05) is 60.7 Å². The summed E-state index contributed by atoms with van der Waals surface area (Å²) < 4.78 is 5.67. The van der Waals surface area contributed by atoms with Gasteiger partial charge in [0.2, 0.25) is 5.91 Å². The molecule has 1 aliphatic heterocycles. The van der Waals surface area contributed by atoms with Crippen molar-refractivity contribution >= 4 is 23.6 Å². The summed E-state index contributed by atoms with van der Waals surface area (Å²) in [6, 6.07) is 25.7. The van der Waals surface area contributed by atoms with Crippen LogP contribution >= 0.6 is 11.8 Å². The predicted octanol–water partition coefficient (Wildman–Crippen LogP) is 5.22. The van der Waals surface area contributed by atoms with Crippen molar-refractivity contribution in [2.75, 3.05) is 18.9 Å². The molecule has 0 spiro atoms. The first-order chi connectivity index (χ1) is 16.7. The fraction of sp³-hybridized carbons (Fsp3) is 0.286. The molecular formula is C28H30N2O3S. The fourth-order valence-corrected chi connectivity index (χ4v) is 5.26. The zero-order chi connectivity index (χ0) is 23.8. The highest BCUT2D eigenvalue weighted by molar-refractivity contribution is 8.00. The Morgan fingerprint density at radius 3 is 2.53 bits per heavy atom. The number of aryl methyl sites for hydroxylation is 1. The van der Waals surface area contributed by atoms with E-state index in [1.807, 2.05) is 84.6 Å². The summed E-state index contributed by atoms with van der Waals surface area (Å²) in [7, 11) is 0. The van der Waals surface area contributed by atoms with Gasteiger partial charge in [-0.3, -0.25) is 9.59 Å². The first kappa shape index (κ1) is 23.9. The van der Waals surface area contributed by atoms with Crippen LogP contribution in [0.1, 0.15) is 45.8 Å². The van der Waals surface area contributed by atoms with Gasteiger partial charge in [0, 0.05) is 18.7 Å². The summed E-state index contributed by atoms with van der Waals surface area (Å²) in [5, 5.41) is 2.98. The molecule has 1 unspecified atom stereocenters. The Kier molecular flexibility index (Phi) is 8.26. The lowest BCUT2D eigenvalue weighted by Gasteiger charge is -2.24. The van der Waals surface area contributed by atoms with E-state index in [1.165, 1.54) is 0 Å². The Hall–Kier alpha value is -3.25. The third kappa shape index (κ3) is 6.00. The highest BCUT2D eigenvalue weighted by atomic mass is 32.2. The second-order valence-electron chi connectivity index (χ2n) is 8.19. The second kappa shape index (κ2) is 11.7. The number of thioether (sulfide) groups is 1. The SMILES string of the molecule is CCOc1ccccc1CCCNC(=O)c1ccc(C2SCC(=O)N2Cc2ccccc2)cc1. The van der Waals surface area contributed by atoms with Crippen molar-refractivity contribution in [2.45, 2.75) is 31.7 Å². The lowest BCUT2D eigenvalue weighted by Crippen LogP contribution is -2.28. The summed E-state index contributed by atoms with van der Waals surface area (Å²) in [4.78, 5) is 27.0. The number of hydrogen-bond acceptors (Lipinski definition) is 4. The van der Waals surface area contributed by atoms with E-state index in [2.05, 4.69) is 11.4 Å². The third-order valence-electron chi connectivity index (χ3n) is 5.80. The number of amides is 2. The number of hydrogen-bond donors (Lipinski definition) is 1. The molecule has 1 fully saturated rings. The topological polar surface area (TPSA) is 58.6 Å². The van der Waals surface area contributed by atoms with Crippen molar-refractivity contribution in [1.29, 1.82) is 0 Å². The molecule has 5 nitrogen and oxygen atoms in total. The van der Waals surface area contributed by atoms with Crippen molar-refractivity contribution < 1.29 is 14.3 Å². The van der Waals surface area contributed by atoms with Crippen molar-refractivity contribution in [1.82, 2.24) is 10.2 Å². The van der Waals surface area contributed by atoms with Crippen LogP contribution in [-0.4, -0.2) is 35.6 Å². The lowest BCUT2D eigenvalue weighted by atomic mass is 10.1. The Balaban J connectivity index is 1.30. The molecule has 3 aromatic carbocycles. The van der Waals surface area contributed by atoms with Crippen molar-refractivity contribution in [3.05, 3.63) is 101 Å². The fourth-order valence-electron chi connectivity index (χ4n) is 4.07. The van der Waals surface area contributed by atoms with Gasteiger partial charge in [0.15, 0.2) is 0 Å². The van der Waals surface area contributed by atoms with E-state index in [9.17, 15) is 9.59 Å².